The Morgan fingerprint density at radius 1 is 1.60 bits per heavy atom. The van der Waals surface area contributed by atoms with Crippen molar-refractivity contribution in [2.75, 3.05) is 0 Å². The number of hydrogen-bond donors (Lipinski definition) is 1. The maximum atomic E-state index is 10.1. The van der Waals surface area contributed by atoms with Crippen molar-refractivity contribution < 1.29 is 5.11 Å². The van der Waals surface area contributed by atoms with E-state index in [1.54, 1.807) is 11.7 Å². The monoisotopic (exact) mass is 242 g/mol. The van der Waals surface area contributed by atoms with E-state index in [1.165, 1.54) is 11.3 Å². The van der Waals surface area contributed by atoms with Crippen molar-refractivity contribution in [2.45, 2.75) is 13.0 Å². The number of thiophene rings is 1. The van der Waals surface area contributed by atoms with E-state index < -0.39 is 6.10 Å². The maximum absolute atomic E-state index is 10.1. The Hall–Kier alpha value is -0.840. The molecule has 0 saturated heterocycles. The van der Waals surface area contributed by atoms with Gasteiger partial charge in [-0.2, -0.15) is 5.10 Å². The minimum absolute atomic E-state index is 0.494. The maximum Gasteiger partial charge on any atom is 0.133 e. The van der Waals surface area contributed by atoms with E-state index in [0.29, 0.717) is 10.7 Å². The van der Waals surface area contributed by atoms with Crippen LogP contribution in [0.4, 0.5) is 0 Å². The fourth-order valence-electron chi connectivity index (χ4n) is 1.55. The molecular weight excluding hydrogens is 232 g/mol. The van der Waals surface area contributed by atoms with Crippen LogP contribution in [0, 0.1) is 6.92 Å². The largest absolute Gasteiger partial charge is 0.383 e. The van der Waals surface area contributed by atoms with Gasteiger partial charge in [0, 0.05) is 17.5 Å². The van der Waals surface area contributed by atoms with Crippen LogP contribution >= 0.6 is 22.9 Å². The third-order valence-corrected chi connectivity index (χ3v) is 3.66. The molecule has 0 aromatic carbocycles. The zero-order chi connectivity index (χ0) is 11.0. The van der Waals surface area contributed by atoms with E-state index in [9.17, 15) is 5.11 Å². The van der Waals surface area contributed by atoms with Gasteiger partial charge in [0.25, 0.3) is 0 Å². The molecule has 0 saturated carbocycles. The highest BCUT2D eigenvalue weighted by atomic mass is 35.5. The topological polar surface area (TPSA) is 38.0 Å². The standard InChI is InChI=1S/C10H11ClN2OS/c1-6-8(10(11)13(2)12-6)9(14)7-4-3-5-15-7/h3-5,9,14H,1-2H3. The molecule has 2 aromatic heterocycles. The summed E-state index contributed by atoms with van der Waals surface area (Å²) in [6.07, 6.45) is -0.675. The Morgan fingerprint density at radius 2 is 2.33 bits per heavy atom. The van der Waals surface area contributed by atoms with Gasteiger partial charge in [0.1, 0.15) is 11.3 Å². The minimum Gasteiger partial charge on any atom is -0.383 e. The van der Waals surface area contributed by atoms with E-state index in [4.69, 9.17) is 11.6 Å². The van der Waals surface area contributed by atoms with Gasteiger partial charge >= 0.3 is 0 Å². The summed E-state index contributed by atoms with van der Waals surface area (Å²) in [5.41, 5.74) is 1.46. The van der Waals surface area contributed by atoms with Gasteiger partial charge in [-0.3, -0.25) is 4.68 Å². The fraction of sp³-hybridized carbons (Fsp3) is 0.300. The second-order valence-corrected chi connectivity index (χ2v) is 4.67. The number of nitrogens with zero attached hydrogens (tertiary/aromatic N) is 2. The molecule has 5 heteroatoms. The number of aliphatic hydroxyl groups excluding tert-OH is 1. The van der Waals surface area contributed by atoms with Crippen molar-refractivity contribution in [3.8, 4) is 0 Å². The molecule has 0 aliphatic carbocycles. The van der Waals surface area contributed by atoms with E-state index >= 15 is 0 Å². The lowest BCUT2D eigenvalue weighted by atomic mass is 10.1. The Labute approximate surface area is 96.9 Å². The third kappa shape index (κ3) is 1.80. The molecule has 0 amide bonds. The van der Waals surface area contributed by atoms with Crippen LogP contribution in [0.3, 0.4) is 0 Å². The Bertz CT molecular complexity index is 464. The molecule has 0 spiro atoms. The second-order valence-electron chi connectivity index (χ2n) is 3.33. The third-order valence-electron chi connectivity index (χ3n) is 2.28. The van der Waals surface area contributed by atoms with Crippen LogP contribution in [-0.2, 0) is 7.05 Å². The fourth-order valence-corrected chi connectivity index (χ4v) is 2.54. The summed E-state index contributed by atoms with van der Waals surface area (Å²) in [4.78, 5) is 0.882. The number of hydrogen-bond acceptors (Lipinski definition) is 3. The summed E-state index contributed by atoms with van der Waals surface area (Å²) in [6.45, 7) is 1.85. The van der Waals surface area contributed by atoms with Gasteiger partial charge in [0.05, 0.1) is 5.69 Å². The molecule has 0 aliphatic heterocycles. The highest BCUT2D eigenvalue weighted by molar-refractivity contribution is 7.10. The molecule has 15 heavy (non-hydrogen) atoms. The molecular formula is C10H11ClN2OS. The first-order valence-corrected chi connectivity index (χ1v) is 5.77. The average molecular weight is 243 g/mol. The molecule has 1 unspecified atom stereocenters. The van der Waals surface area contributed by atoms with Crippen LogP contribution in [0.25, 0.3) is 0 Å². The van der Waals surface area contributed by atoms with Crippen LogP contribution in [-0.4, -0.2) is 14.9 Å². The van der Waals surface area contributed by atoms with Crippen molar-refractivity contribution in [1.82, 2.24) is 9.78 Å². The summed E-state index contributed by atoms with van der Waals surface area (Å²) in [7, 11) is 1.76. The molecule has 3 nitrogen and oxygen atoms in total. The SMILES string of the molecule is Cc1nn(C)c(Cl)c1C(O)c1cccs1. The summed E-state index contributed by atoms with van der Waals surface area (Å²) in [5.74, 6) is 0. The van der Waals surface area contributed by atoms with Gasteiger partial charge in [-0.1, -0.05) is 17.7 Å². The van der Waals surface area contributed by atoms with Gasteiger partial charge in [-0.25, -0.2) is 0 Å². The predicted molar refractivity (Wildman–Crippen MR) is 61.3 cm³/mol. The predicted octanol–water partition coefficient (Wildman–Crippen LogP) is 2.53. The lowest BCUT2D eigenvalue weighted by molar-refractivity contribution is 0.223. The van der Waals surface area contributed by atoms with Crippen molar-refractivity contribution in [2.24, 2.45) is 7.05 Å². The van der Waals surface area contributed by atoms with Gasteiger partial charge < -0.3 is 5.11 Å². The van der Waals surface area contributed by atoms with Crippen LogP contribution < -0.4 is 0 Å². The second kappa shape index (κ2) is 3.96. The smallest absolute Gasteiger partial charge is 0.133 e. The van der Waals surface area contributed by atoms with Crippen LogP contribution in [0.15, 0.2) is 17.5 Å². The first-order valence-electron chi connectivity index (χ1n) is 4.51. The minimum atomic E-state index is -0.675. The van der Waals surface area contributed by atoms with E-state index in [1.807, 2.05) is 24.4 Å². The summed E-state index contributed by atoms with van der Waals surface area (Å²) < 4.78 is 1.57. The Morgan fingerprint density at radius 3 is 2.80 bits per heavy atom. The Balaban J connectivity index is 2.46. The van der Waals surface area contributed by atoms with Crippen molar-refractivity contribution in [1.29, 1.82) is 0 Å². The summed E-state index contributed by atoms with van der Waals surface area (Å²) in [5, 5.41) is 16.7. The number of rotatable bonds is 2. The average Bonchev–Trinajstić information content (AvgIpc) is 2.76. The van der Waals surface area contributed by atoms with E-state index in [2.05, 4.69) is 5.10 Å². The number of aliphatic hydroxyl groups is 1. The molecule has 0 radical (unpaired) electrons. The molecule has 0 fully saturated rings. The molecule has 80 valence electrons. The van der Waals surface area contributed by atoms with Crippen LogP contribution in [0.2, 0.25) is 5.15 Å². The number of aryl methyl sites for hydroxylation is 2. The number of halogens is 1. The van der Waals surface area contributed by atoms with Crippen LogP contribution in [0.5, 0.6) is 0 Å². The van der Waals surface area contributed by atoms with Crippen LogP contribution in [0.1, 0.15) is 22.2 Å². The molecule has 1 atom stereocenters. The quantitative estimate of drug-likeness (QED) is 0.879. The first kappa shape index (κ1) is 10.7. The van der Waals surface area contributed by atoms with E-state index in [-0.39, 0.29) is 0 Å². The lowest BCUT2D eigenvalue weighted by Gasteiger charge is -2.07. The van der Waals surface area contributed by atoms with Crippen molar-refractivity contribution in [3.63, 3.8) is 0 Å². The number of aromatic nitrogens is 2. The van der Waals surface area contributed by atoms with E-state index in [0.717, 1.165) is 10.6 Å². The molecule has 0 bridgehead atoms. The zero-order valence-corrected chi connectivity index (χ0v) is 10.0. The molecule has 1 N–H and O–H groups in total. The van der Waals surface area contributed by atoms with Gasteiger partial charge in [-0.05, 0) is 18.4 Å². The van der Waals surface area contributed by atoms with Crippen molar-refractivity contribution in [3.05, 3.63) is 38.8 Å². The highest BCUT2D eigenvalue weighted by Crippen LogP contribution is 2.32. The summed E-state index contributed by atoms with van der Waals surface area (Å²) in [6, 6.07) is 3.79. The molecule has 0 aliphatic rings. The summed E-state index contributed by atoms with van der Waals surface area (Å²) >= 11 is 7.58. The zero-order valence-electron chi connectivity index (χ0n) is 8.44. The molecule has 2 heterocycles. The first-order chi connectivity index (χ1) is 7.11. The normalized spacial score (nSPS) is 13.1. The Kier molecular flexibility index (Phi) is 2.82. The highest BCUT2D eigenvalue weighted by Gasteiger charge is 2.21. The van der Waals surface area contributed by atoms with Gasteiger partial charge in [0.15, 0.2) is 0 Å². The van der Waals surface area contributed by atoms with Gasteiger partial charge in [-0.15, -0.1) is 11.3 Å². The van der Waals surface area contributed by atoms with Gasteiger partial charge in [0.2, 0.25) is 0 Å². The van der Waals surface area contributed by atoms with Crippen molar-refractivity contribution >= 4 is 22.9 Å². The lowest BCUT2D eigenvalue weighted by Crippen LogP contribution is -1.98. The molecule has 2 aromatic rings. The molecule has 2 rings (SSSR count).